The summed E-state index contributed by atoms with van der Waals surface area (Å²) in [5.41, 5.74) is 3.06. The lowest BCUT2D eigenvalue weighted by atomic mass is 10.0. The number of hydrogen-bond donors (Lipinski definition) is 2. The predicted octanol–water partition coefficient (Wildman–Crippen LogP) is 3.56. The summed E-state index contributed by atoms with van der Waals surface area (Å²) in [6.45, 7) is 2.06. The van der Waals surface area contributed by atoms with Crippen molar-refractivity contribution in [2.75, 3.05) is 29.9 Å². The van der Waals surface area contributed by atoms with Gasteiger partial charge in [-0.15, -0.1) is 0 Å². The SMILES string of the molecule is O=C(NCCN1CCCc2ccccc21)c1nccnc1C(=O)Nc1ccc(Cl)cc1. The van der Waals surface area contributed by atoms with Gasteiger partial charge in [0.15, 0.2) is 11.4 Å². The first-order chi connectivity index (χ1) is 15.1. The van der Waals surface area contributed by atoms with Crippen LogP contribution in [-0.4, -0.2) is 41.4 Å². The molecule has 2 N–H and O–H groups in total. The van der Waals surface area contributed by atoms with Gasteiger partial charge in [0.05, 0.1) is 0 Å². The third-order valence-corrected chi connectivity index (χ3v) is 5.36. The maximum atomic E-state index is 12.7. The van der Waals surface area contributed by atoms with E-state index < -0.39 is 11.8 Å². The Labute approximate surface area is 185 Å². The van der Waals surface area contributed by atoms with E-state index in [-0.39, 0.29) is 11.4 Å². The van der Waals surface area contributed by atoms with Crippen LogP contribution in [-0.2, 0) is 6.42 Å². The largest absolute Gasteiger partial charge is 0.370 e. The number of para-hydroxylation sites is 1. The number of rotatable bonds is 6. The van der Waals surface area contributed by atoms with E-state index in [0.717, 1.165) is 19.4 Å². The molecule has 0 fully saturated rings. The molecule has 0 radical (unpaired) electrons. The molecule has 4 rings (SSSR count). The van der Waals surface area contributed by atoms with Crippen molar-refractivity contribution < 1.29 is 9.59 Å². The molecule has 3 aromatic rings. The Morgan fingerprint density at radius 1 is 0.968 bits per heavy atom. The molecule has 2 aromatic carbocycles. The van der Waals surface area contributed by atoms with Crippen molar-refractivity contribution in [2.24, 2.45) is 0 Å². The summed E-state index contributed by atoms with van der Waals surface area (Å²) in [5.74, 6) is -0.940. The van der Waals surface area contributed by atoms with Crippen LogP contribution in [0.4, 0.5) is 11.4 Å². The highest BCUT2D eigenvalue weighted by molar-refractivity contribution is 6.30. The van der Waals surface area contributed by atoms with Gasteiger partial charge in [0.1, 0.15) is 0 Å². The van der Waals surface area contributed by atoms with E-state index in [0.29, 0.717) is 23.8 Å². The van der Waals surface area contributed by atoms with E-state index >= 15 is 0 Å². The fourth-order valence-corrected chi connectivity index (χ4v) is 3.75. The number of aryl methyl sites for hydroxylation is 1. The average Bonchev–Trinajstić information content (AvgIpc) is 2.80. The Morgan fingerprint density at radius 2 is 1.68 bits per heavy atom. The molecule has 8 heteroatoms. The van der Waals surface area contributed by atoms with Gasteiger partial charge in [0.25, 0.3) is 11.8 Å². The monoisotopic (exact) mass is 435 g/mol. The first kappa shape index (κ1) is 20.8. The third kappa shape index (κ3) is 5.00. The van der Waals surface area contributed by atoms with E-state index in [9.17, 15) is 9.59 Å². The van der Waals surface area contributed by atoms with Crippen molar-refractivity contribution in [3.8, 4) is 0 Å². The fourth-order valence-electron chi connectivity index (χ4n) is 3.63. The van der Waals surface area contributed by atoms with Gasteiger partial charge in [0, 0.05) is 48.4 Å². The average molecular weight is 436 g/mol. The summed E-state index contributed by atoms with van der Waals surface area (Å²) in [4.78, 5) is 35.8. The first-order valence-electron chi connectivity index (χ1n) is 10.1. The number of fused-ring (bicyclic) bond motifs is 1. The Bertz CT molecular complexity index is 1090. The minimum absolute atomic E-state index is 0.00647. The molecule has 1 aromatic heterocycles. The second-order valence-corrected chi connectivity index (χ2v) is 7.63. The molecule has 158 valence electrons. The number of aromatic nitrogens is 2. The molecule has 2 amide bonds. The normalized spacial score (nSPS) is 12.7. The summed E-state index contributed by atoms with van der Waals surface area (Å²) in [7, 11) is 0. The highest BCUT2D eigenvalue weighted by Crippen LogP contribution is 2.26. The summed E-state index contributed by atoms with van der Waals surface area (Å²) in [6.07, 6.45) is 4.95. The molecule has 0 spiro atoms. The molecular formula is C23H22ClN5O2. The molecule has 0 bridgehead atoms. The van der Waals surface area contributed by atoms with Gasteiger partial charge in [-0.25, -0.2) is 9.97 Å². The first-order valence-corrected chi connectivity index (χ1v) is 10.5. The highest BCUT2D eigenvalue weighted by atomic mass is 35.5. The number of hydrogen-bond acceptors (Lipinski definition) is 5. The second-order valence-electron chi connectivity index (χ2n) is 7.19. The van der Waals surface area contributed by atoms with Crippen LogP contribution in [0.1, 0.15) is 33.0 Å². The Morgan fingerprint density at radius 3 is 2.45 bits per heavy atom. The van der Waals surface area contributed by atoms with Crippen molar-refractivity contribution in [3.05, 3.63) is 82.9 Å². The minimum Gasteiger partial charge on any atom is -0.370 e. The molecule has 0 saturated carbocycles. The topological polar surface area (TPSA) is 87.2 Å². The molecule has 0 aliphatic carbocycles. The number of carbonyl (C=O) groups is 2. The van der Waals surface area contributed by atoms with E-state index in [2.05, 4.69) is 43.7 Å². The summed E-state index contributed by atoms with van der Waals surface area (Å²) < 4.78 is 0. The molecule has 0 saturated heterocycles. The summed E-state index contributed by atoms with van der Waals surface area (Å²) in [5, 5.41) is 6.14. The van der Waals surface area contributed by atoms with Gasteiger partial charge >= 0.3 is 0 Å². The molecule has 31 heavy (non-hydrogen) atoms. The number of amides is 2. The number of benzene rings is 2. The lowest BCUT2D eigenvalue weighted by molar-refractivity contribution is 0.0934. The highest BCUT2D eigenvalue weighted by Gasteiger charge is 2.21. The van der Waals surface area contributed by atoms with Crippen molar-refractivity contribution in [1.82, 2.24) is 15.3 Å². The van der Waals surface area contributed by atoms with E-state index in [1.54, 1.807) is 24.3 Å². The van der Waals surface area contributed by atoms with Crippen molar-refractivity contribution >= 4 is 34.8 Å². The second kappa shape index (κ2) is 9.57. The van der Waals surface area contributed by atoms with Crippen LogP contribution in [0, 0.1) is 0 Å². The maximum Gasteiger partial charge on any atom is 0.276 e. The van der Waals surface area contributed by atoms with Crippen molar-refractivity contribution in [1.29, 1.82) is 0 Å². The van der Waals surface area contributed by atoms with E-state index in [4.69, 9.17) is 11.6 Å². The fraction of sp³-hybridized carbons (Fsp3) is 0.217. The number of nitrogens with zero attached hydrogens (tertiary/aromatic N) is 3. The summed E-state index contributed by atoms with van der Waals surface area (Å²) >= 11 is 5.87. The Hall–Kier alpha value is -3.45. The Balaban J connectivity index is 1.39. The zero-order chi connectivity index (χ0) is 21.6. The molecule has 1 aliphatic heterocycles. The predicted molar refractivity (Wildman–Crippen MR) is 121 cm³/mol. The van der Waals surface area contributed by atoms with Gasteiger partial charge in [0.2, 0.25) is 0 Å². The van der Waals surface area contributed by atoms with Gasteiger partial charge in [-0.3, -0.25) is 9.59 Å². The summed E-state index contributed by atoms with van der Waals surface area (Å²) in [6, 6.07) is 15.0. The number of halogens is 1. The van der Waals surface area contributed by atoms with Crippen LogP contribution in [0.25, 0.3) is 0 Å². The van der Waals surface area contributed by atoms with Crippen LogP contribution in [0.5, 0.6) is 0 Å². The number of nitrogens with one attached hydrogen (secondary N) is 2. The van der Waals surface area contributed by atoms with E-state index in [1.165, 1.54) is 23.6 Å². The smallest absolute Gasteiger partial charge is 0.276 e. The van der Waals surface area contributed by atoms with Crippen LogP contribution in [0.3, 0.4) is 0 Å². The van der Waals surface area contributed by atoms with Crippen molar-refractivity contribution in [2.45, 2.75) is 12.8 Å². The van der Waals surface area contributed by atoms with Crippen LogP contribution in [0.2, 0.25) is 5.02 Å². The molecular weight excluding hydrogens is 414 g/mol. The van der Waals surface area contributed by atoms with Crippen LogP contribution < -0.4 is 15.5 Å². The van der Waals surface area contributed by atoms with Crippen LogP contribution in [0.15, 0.2) is 60.9 Å². The zero-order valence-corrected chi connectivity index (χ0v) is 17.6. The van der Waals surface area contributed by atoms with Gasteiger partial charge in [-0.1, -0.05) is 29.8 Å². The minimum atomic E-state index is -0.509. The third-order valence-electron chi connectivity index (χ3n) is 5.10. The molecule has 0 unspecified atom stereocenters. The number of anilines is 2. The lowest BCUT2D eigenvalue weighted by Crippen LogP contribution is -2.38. The lowest BCUT2D eigenvalue weighted by Gasteiger charge is -2.31. The van der Waals surface area contributed by atoms with Crippen molar-refractivity contribution in [3.63, 3.8) is 0 Å². The van der Waals surface area contributed by atoms with Gasteiger partial charge in [-0.05, 0) is 48.7 Å². The maximum absolute atomic E-state index is 12.7. The zero-order valence-electron chi connectivity index (χ0n) is 16.8. The molecule has 7 nitrogen and oxygen atoms in total. The number of carbonyl (C=O) groups excluding carboxylic acids is 2. The molecule has 0 atom stereocenters. The Kier molecular flexibility index (Phi) is 6.43. The van der Waals surface area contributed by atoms with Crippen LogP contribution >= 0.6 is 11.6 Å². The molecule has 2 heterocycles. The standard InChI is InChI=1S/C23H22ClN5O2/c24-17-7-9-18(10-8-17)28-23(31)21-20(25-11-12-26-21)22(30)27-13-15-29-14-3-5-16-4-1-2-6-19(16)29/h1-2,4,6-12H,3,5,13-15H2,(H,27,30)(H,28,31). The van der Waals surface area contributed by atoms with Gasteiger partial charge < -0.3 is 15.5 Å². The molecule has 1 aliphatic rings. The van der Waals surface area contributed by atoms with Gasteiger partial charge in [-0.2, -0.15) is 0 Å². The van der Waals surface area contributed by atoms with E-state index in [1.807, 2.05) is 6.07 Å². The quantitative estimate of drug-likeness (QED) is 0.618.